The van der Waals surface area contributed by atoms with Gasteiger partial charge in [-0.2, -0.15) is 0 Å². The fourth-order valence-electron chi connectivity index (χ4n) is 0.607. The van der Waals surface area contributed by atoms with E-state index in [2.05, 4.69) is 12.0 Å². The van der Waals surface area contributed by atoms with Crippen LogP contribution in [0.3, 0.4) is 0 Å². The molecule has 0 aliphatic carbocycles. The standard InChI is InChI=1S/C6H10NOP/c1-7-5-3-4-6(8-5)9-2/h3-4,7,9H,1-2H3. The fourth-order valence-corrected chi connectivity index (χ4v) is 1.07. The molecule has 9 heavy (non-hydrogen) atoms. The third-order valence-electron chi connectivity index (χ3n) is 1.10. The summed E-state index contributed by atoms with van der Waals surface area (Å²) in [5, 5.41) is 2.92. The number of furan rings is 1. The van der Waals surface area contributed by atoms with E-state index >= 15 is 0 Å². The van der Waals surface area contributed by atoms with Gasteiger partial charge in [0.2, 0.25) is 0 Å². The van der Waals surface area contributed by atoms with Gasteiger partial charge in [-0.05, 0) is 12.7 Å². The lowest BCUT2D eigenvalue weighted by atomic mass is 10.6. The number of hydrogen-bond donors (Lipinski definition) is 1. The van der Waals surface area contributed by atoms with Crippen LogP contribution in [0.5, 0.6) is 0 Å². The predicted molar refractivity (Wildman–Crippen MR) is 42.1 cm³/mol. The van der Waals surface area contributed by atoms with Crippen molar-refractivity contribution in [2.45, 2.75) is 0 Å². The van der Waals surface area contributed by atoms with Crippen molar-refractivity contribution in [1.29, 1.82) is 0 Å². The van der Waals surface area contributed by atoms with Gasteiger partial charge >= 0.3 is 0 Å². The second-order valence-corrected chi connectivity index (χ2v) is 2.66. The first kappa shape index (κ1) is 6.63. The number of anilines is 1. The molecule has 1 N–H and O–H groups in total. The van der Waals surface area contributed by atoms with E-state index in [1.54, 1.807) is 0 Å². The van der Waals surface area contributed by atoms with Crippen molar-refractivity contribution in [2.75, 3.05) is 19.0 Å². The van der Waals surface area contributed by atoms with Crippen molar-refractivity contribution < 1.29 is 4.42 Å². The van der Waals surface area contributed by atoms with Crippen molar-refractivity contribution in [1.82, 2.24) is 0 Å². The maximum atomic E-state index is 5.28. The number of nitrogens with one attached hydrogen (secondary N) is 1. The van der Waals surface area contributed by atoms with E-state index in [0.717, 1.165) is 20.0 Å². The summed E-state index contributed by atoms with van der Waals surface area (Å²) in [4.78, 5) is 0. The van der Waals surface area contributed by atoms with E-state index in [1.807, 2.05) is 19.2 Å². The second kappa shape index (κ2) is 2.88. The Balaban J connectivity index is 2.74. The monoisotopic (exact) mass is 143 g/mol. The van der Waals surface area contributed by atoms with E-state index in [1.165, 1.54) is 0 Å². The maximum Gasteiger partial charge on any atom is 0.193 e. The zero-order chi connectivity index (χ0) is 6.69. The molecule has 1 aromatic rings. The molecule has 0 radical (unpaired) electrons. The van der Waals surface area contributed by atoms with Crippen LogP contribution in [0.15, 0.2) is 16.5 Å². The highest BCUT2D eigenvalue weighted by molar-refractivity contribution is 7.45. The van der Waals surface area contributed by atoms with Crippen molar-refractivity contribution >= 4 is 20.0 Å². The van der Waals surface area contributed by atoms with Gasteiger partial charge in [-0.1, -0.05) is 8.58 Å². The molecule has 0 saturated heterocycles. The van der Waals surface area contributed by atoms with Gasteiger partial charge in [0.15, 0.2) is 5.88 Å². The first-order chi connectivity index (χ1) is 4.36. The van der Waals surface area contributed by atoms with Gasteiger partial charge in [0.25, 0.3) is 0 Å². The number of hydrogen-bond acceptors (Lipinski definition) is 2. The van der Waals surface area contributed by atoms with Crippen LogP contribution in [-0.2, 0) is 0 Å². The normalized spacial score (nSPS) is 10.9. The molecule has 0 aliphatic heterocycles. The molecule has 50 valence electrons. The minimum Gasteiger partial charge on any atom is -0.442 e. The third kappa shape index (κ3) is 1.46. The Morgan fingerprint density at radius 3 is 2.67 bits per heavy atom. The zero-order valence-corrected chi connectivity index (χ0v) is 6.56. The SMILES string of the molecule is CNc1ccc(PC)o1. The molecular weight excluding hydrogens is 133 g/mol. The molecule has 1 unspecified atom stereocenters. The summed E-state index contributed by atoms with van der Waals surface area (Å²) in [5.74, 6) is 0.847. The maximum absolute atomic E-state index is 5.28. The molecule has 1 atom stereocenters. The summed E-state index contributed by atoms with van der Waals surface area (Å²) < 4.78 is 5.28. The first-order valence-electron chi connectivity index (χ1n) is 2.82. The minimum atomic E-state index is 0.747. The molecule has 0 fully saturated rings. The summed E-state index contributed by atoms with van der Waals surface area (Å²) in [5.41, 5.74) is 1.05. The van der Waals surface area contributed by atoms with Gasteiger partial charge in [-0.25, -0.2) is 0 Å². The molecule has 0 bridgehead atoms. The van der Waals surface area contributed by atoms with Crippen LogP contribution in [0.1, 0.15) is 0 Å². The van der Waals surface area contributed by atoms with E-state index in [-0.39, 0.29) is 0 Å². The molecule has 0 spiro atoms. The van der Waals surface area contributed by atoms with Crippen LogP contribution in [-0.4, -0.2) is 13.7 Å². The predicted octanol–water partition coefficient (Wildman–Crippen LogP) is 1.25. The molecular formula is C6H10NOP. The van der Waals surface area contributed by atoms with Crippen LogP contribution >= 0.6 is 8.58 Å². The Labute approximate surface area is 56.4 Å². The highest BCUT2D eigenvalue weighted by Gasteiger charge is 1.94. The molecule has 1 heterocycles. The van der Waals surface area contributed by atoms with E-state index in [9.17, 15) is 0 Å². The van der Waals surface area contributed by atoms with Gasteiger partial charge in [-0.3, -0.25) is 0 Å². The average Bonchev–Trinajstić information content (AvgIpc) is 2.34. The number of rotatable bonds is 2. The largest absolute Gasteiger partial charge is 0.442 e. The molecule has 0 aromatic carbocycles. The lowest BCUT2D eigenvalue weighted by molar-refractivity contribution is 0.619. The van der Waals surface area contributed by atoms with E-state index < -0.39 is 0 Å². The minimum absolute atomic E-state index is 0.747. The van der Waals surface area contributed by atoms with Crippen molar-refractivity contribution in [3.05, 3.63) is 12.1 Å². The quantitative estimate of drug-likeness (QED) is 0.630. The lowest BCUT2D eigenvalue weighted by Crippen LogP contribution is -1.86. The third-order valence-corrected chi connectivity index (χ3v) is 1.86. The molecule has 1 rings (SSSR count). The Kier molecular flexibility index (Phi) is 2.12. The molecule has 2 nitrogen and oxygen atoms in total. The fraction of sp³-hybridized carbons (Fsp3) is 0.333. The summed E-state index contributed by atoms with van der Waals surface area (Å²) >= 11 is 0. The van der Waals surface area contributed by atoms with Gasteiger partial charge in [0.05, 0.1) is 0 Å². The van der Waals surface area contributed by atoms with Gasteiger partial charge < -0.3 is 9.73 Å². The Bertz CT molecular complexity index is 166. The topological polar surface area (TPSA) is 25.2 Å². The molecule has 0 aliphatic rings. The highest BCUT2D eigenvalue weighted by Crippen LogP contribution is 2.10. The first-order valence-corrected chi connectivity index (χ1v) is 4.32. The smallest absolute Gasteiger partial charge is 0.193 e. The van der Waals surface area contributed by atoms with Crippen LogP contribution in [0, 0.1) is 0 Å². The highest BCUT2D eigenvalue weighted by atomic mass is 31.1. The van der Waals surface area contributed by atoms with Gasteiger partial charge in [0.1, 0.15) is 5.50 Å². The Hall–Kier alpha value is -0.490. The average molecular weight is 143 g/mol. The molecule has 0 saturated carbocycles. The van der Waals surface area contributed by atoms with E-state index in [0.29, 0.717) is 0 Å². The molecule has 1 aromatic heterocycles. The Morgan fingerprint density at radius 1 is 1.56 bits per heavy atom. The van der Waals surface area contributed by atoms with Gasteiger partial charge in [-0.15, -0.1) is 0 Å². The van der Waals surface area contributed by atoms with E-state index in [4.69, 9.17) is 4.42 Å². The summed E-state index contributed by atoms with van der Waals surface area (Å²) in [6.07, 6.45) is 0. The molecule has 3 heteroatoms. The second-order valence-electron chi connectivity index (χ2n) is 1.66. The lowest BCUT2D eigenvalue weighted by Gasteiger charge is -1.89. The van der Waals surface area contributed by atoms with Crippen molar-refractivity contribution in [2.24, 2.45) is 0 Å². The summed E-state index contributed by atoms with van der Waals surface area (Å²) in [6, 6.07) is 3.93. The molecule has 0 amide bonds. The summed E-state index contributed by atoms with van der Waals surface area (Å²) in [6.45, 7) is 2.10. The van der Waals surface area contributed by atoms with Crippen molar-refractivity contribution in [3.63, 3.8) is 0 Å². The van der Waals surface area contributed by atoms with Crippen molar-refractivity contribution in [3.8, 4) is 0 Å². The zero-order valence-electron chi connectivity index (χ0n) is 5.56. The Morgan fingerprint density at radius 2 is 2.33 bits per heavy atom. The van der Waals surface area contributed by atoms with Crippen LogP contribution in [0.4, 0.5) is 5.88 Å². The van der Waals surface area contributed by atoms with Crippen LogP contribution in [0.2, 0.25) is 0 Å². The van der Waals surface area contributed by atoms with Crippen LogP contribution in [0.25, 0.3) is 0 Å². The summed E-state index contributed by atoms with van der Waals surface area (Å²) in [7, 11) is 2.60. The van der Waals surface area contributed by atoms with Gasteiger partial charge in [0, 0.05) is 13.1 Å². The van der Waals surface area contributed by atoms with Crippen LogP contribution < -0.4 is 10.8 Å².